The summed E-state index contributed by atoms with van der Waals surface area (Å²) >= 11 is 0. The molecule has 0 heterocycles. The van der Waals surface area contributed by atoms with Gasteiger partial charge >= 0.3 is 17.9 Å². The van der Waals surface area contributed by atoms with Gasteiger partial charge in [0.05, 0.1) is 0 Å². The van der Waals surface area contributed by atoms with Crippen LogP contribution in [0.25, 0.3) is 0 Å². The van der Waals surface area contributed by atoms with Crippen molar-refractivity contribution in [1.29, 1.82) is 0 Å². The molecule has 71 heavy (non-hydrogen) atoms. The maximum Gasteiger partial charge on any atom is 0.306 e. The zero-order valence-corrected chi connectivity index (χ0v) is 49.0. The normalized spacial score (nSPS) is 12.9. The number of carbonyl (C=O) groups excluding carboxylic acids is 3. The molecule has 0 spiro atoms. The molecule has 0 aliphatic heterocycles. The minimum Gasteiger partial charge on any atom is -0.462 e. The zero-order valence-electron chi connectivity index (χ0n) is 49.0. The van der Waals surface area contributed by atoms with Gasteiger partial charge in [-0.3, -0.25) is 14.4 Å². The van der Waals surface area contributed by atoms with Crippen molar-refractivity contribution in [3.8, 4) is 0 Å². The molecule has 0 rings (SSSR count). The summed E-state index contributed by atoms with van der Waals surface area (Å²) in [7, 11) is 0. The van der Waals surface area contributed by atoms with Crippen LogP contribution in [0.2, 0.25) is 0 Å². The molecular weight excluding hydrogens is 877 g/mol. The first-order chi connectivity index (χ1) is 34.7. The second-order valence-electron chi connectivity index (χ2n) is 23.4. The molecule has 422 valence electrons. The highest BCUT2D eigenvalue weighted by atomic mass is 16.6. The number of ether oxygens (including phenoxy) is 3. The van der Waals surface area contributed by atoms with E-state index in [9.17, 15) is 14.4 Å². The van der Waals surface area contributed by atoms with Crippen LogP contribution in [0, 0.1) is 17.8 Å². The second-order valence-corrected chi connectivity index (χ2v) is 23.4. The van der Waals surface area contributed by atoms with Gasteiger partial charge in [0.15, 0.2) is 6.10 Å². The predicted molar refractivity (Wildman–Crippen MR) is 307 cm³/mol. The Labute approximate surface area is 444 Å². The minimum atomic E-state index is -0.765. The third kappa shape index (κ3) is 56.0. The Hall–Kier alpha value is -1.59. The summed E-state index contributed by atoms with van der Waals surface area (Å²) in [5.74, 6) is 1.79. The van der Waals surface area contributed by atoms with E-state index in [-0.39, 0.29) is 31.1 Å². The van der Waals surface area contributed by atoms with E-state index in [1.165, 1.54) is 244 Å². The summed E-state index contributed by atoms with van der Waals surface area (Å²) < 4.78 is 17.0. The van der Waals surface area contributed by atoms with Crippen molar-refractivity contribution in [1.82, 2.24) is 0 Å². The van der Waals surface area contributed by atoms with Crippen LogP contribution in [0.1, 0.15) is 363 Å². The lowest BCUT2D eigenvalue weighted by Crippen LogP contribution is -2.30. The molecule has 0 amide bonds. The van der Waals surface area contributed by atoms with Gasteiger partial charge in [-0.15, -0.1) is 0 Å². The van der Waals surface area contributed by atoms with E-state index in [1.807, 2.05) is 0 Å². The predicted octanol–water partition coefficient (Wildman–Crippen LogP) is 21.5. The van der Waals surface area contributed by atoms with E-state index in [1.54, 1.807) is 0 Å². The molecule has 0 bridgehead atoms. The van der Waals surface area contributed by atoms with Crippen molar-refractivity contribution in [3.05, 3.63) is 0 Å². The van der Waals surface area contributed by atoms with Crippen molar-refractivity contribution >= 4 is 17.9 Å². The van der Waals surface area contributed by atoms with Crippen molar-refractivity contribution < 1.29 is 28.6 Å². The van der Waals surface area contributed by atoms with Gasteiger partial charge in [-0.1, -0.05) is 324 Å². The molecule has 2 unspecified atom stereocenters. The van der Waals surface area contributed by atoms with Gasteiger partial charge in [0.25, 0.3) is 0 Å². The summed E-state index contributed by atoms with van der Waals surface area (Å²) in [5, 5.41) is 0. The quantitative estimate of drug-likeness (QED) is 0.0343. The first kappa shape index (κ1) is 69.4. The van der Waals surface area contributed by atoms with E-state index in [0.717, 1.165) is 75.5 Å². The van der Waals surface area contributed by atoms with Crippen molar-refractivity contribution in [3.63, 3.8) is 0 Å². The van der Waals surface area contributed by atoms with Crippen molar-refractivity contribution in [2.45, 2.75) is 369 Å². The van der Waals surface area contributed by atoms with Gasteiger partial charge in [0.1, 0.15) is 13.2 Å². The van der Waals surface area contributed by atoms with Crippen LogP contribution in [-0.2, 0) is 28.6 Å². The molecule has 0 saturated carbocycles. The molecule has 0 aromatic heterocycles. The largest absolute Gasteiger partial charge is 0.462 e. The van der Waals surface area contributed by atoms with E-state index in [0.29, 0.717) is 19.3 Å². The van der Waals surface area contributed by atoms with E-state index < -0.39 is 6.10 Å². The van der Waals surface area contributed by atoms with Crippen LogP contribution >= 0.6 is 0 Å². The molecule has 0 fully saturated rings. The smallest absolute Gasteiger partial charge is 0.306 e. The number of esters is 3. The lowest BCUT2D eigenvalue weighted by Gasteiger charge is -2.18. The lowest BCUT2D eigenvalue weighted by atomic mass is 9.99. The van der Waals surface area contributed by atoms with Gasteiger partial charge < -0.3 is 14.2 Å². The first-order valence-corrected chi connectivity index (χ1v) is 32.2. The summed E-state index contributed by atoms with van der Waals surface area (Å²) in [4.78, 5) is 38.3. The molecule has 3 atom stereocenters. The number of hydrogen-bond donors (Lipinski definition) is 0. The summed E-state index contributed by atoms with van der Waals surface area (Å²) in [6.45, 7) is 13.9. The highest BCUT2D eigenvalue weighted by Gasteiger charge is 2.19. The van der Waals surface area contributed by atoms with Gasteiger partial charge in [0, 0.05) is 19.3 Å². The minimum absolute atomic E-state index is 0.0627. The molecule has 0 aromatic carbocycles. The second kappa shape index (κ2) is 56.1. The number of unbranched alkanes of at least 4 members (excludes halogenated alkanes) is 39. The molecular formula is C65H126O6. The van der Waals surface area contributed by atoms with Crippen molar-refractivity contribution in [2.24, 2.45) is 17.8 Å². The molecule has 0 N–H and O–H groups in total. The number of rotatable bonds is 58. The van der Waals surface area contributed by atoms with Crippen molar-refractivity contribution in [2.75, 3.05) is 13.2 Å². The molecule has 0 radical (unpaired) electrons. The molecule has 0 aliphatic rings. The van der Waals surface area contributed by atoms with Gasteiger partial charge in [-0.2, -0.15) is 0 Å². The first-order valence-electron chi connectivity index (χ1n) is 32.2. The van der Waals surface area contributed by atoms with Crippen LogP contribution in [-0.4, -0.2) is 37.2 Å². The third-order valence-electron chi connectivity index (χ3n) is 15.6. The topological polar surface area (TPSA) is 78.9 Å². The third-order valence-corrected chi connectivity index (χ3v) is 15.6. The standard InChI is InChI=1S/C65H126O6/c1-7-60(5)52-46-40-34-28-22-18-15-16-20-24-32-38-44-50-56-65(68)71-62(58-70-64(67)55-49-43-37-31-26-25-29-35-41-47-53-61(6)8-2)57-69-63(66)54-48-42-36-30-23-19-14-12-10-9-11-13-17-21-27-33-39-45-51-59(3)4/h59-62H,7-58H2,1-6H3/t60?,61?,62-/m0/s1. The average Bonchev–Trinajstić information content (AvgIpc) is 3.36. The Morgan fingerprint density at radius 1 is 0.282 bits per heavy atom. The fourth-order valence-corrected chi connectivity index (χ4v) is 10.00. The maximum atomic E-state index is 12.9. The number of carbonyl (C=O) groups is 3. The van der Waals surface area contributed by atoms with Gasteiger partial charge in [-0.25, -0.2) is 0 Å². The Balaban J connectivity index is 4.27. The fourth-order valence-electron chi connectivity index (χ4n) is 10.00. The molecule has 0 saturated heterocycles. The Morgan fingerprint density at radius 3 is 0.732 bits per heavy atom. The Kier molecular flexibility index (Phi) is 54.9. The van der Waals surface area contributed by atoms with E-state index >= 15 is 0 Å². The SMILES string of the molecule is CCC(C)CCCCCCCCCCCCCCCCC(=O)O[C@@H](COC(=O)CCCCCCCCCCCCCCCCCCCCC(C)C)COC(=O)CCCCCCCCCCCCC(C)CC. The molecule has 6 nitrogen and oxygen atoms in total. The molecule has 0 aromatic rings. The molecule has 0 aliphatic carbocycles. The van der Waals surface area contributed by atoms with Gasteiger partial charge in [-0.05, 0) is 37.0 Å². The Morgan fingerprint density at radius 2 is 0.493 bits per heavy atom. The number of hydrogen-bond acceptors (Lipinski definition) is 6. The molecule has 6 heteroatoms. The van der Waals surface area contributed by atoms with Gasteiger partial charge in [0.2, 0.25) is 0 Å². The highest BCUT2D eigenvalue weighted by molar-refractivity contribution is 5.71. The van der Waals surface area contributed by atoms with Crippen LogP contribution in [0.15, 0.2) is 0 Å². The van der Waals surface area contributed by atoms with E-state index in [4.69, 9.17) is 14.2 Å². The fraction of sp³-hybridized carbons (Fsp3) is 0.954. The summed E-state index contributed by atoms with van der Waals surface area (Å²) in [6, 6.07) is 0. The summed E-state index contributed by atoms with van der Waals surface area (Å²) in [5.41, 5.74) is 0. The average molecular weight is 1000 g/mol. The van der Waals surface area contributed by atoms with Crippen LogP contribution in [0.3, 0.4) is 0 Å². The van der Waals surface area contributed by atoms with E-state index in [2.05, 4.69) is 41.5 Å². The maximum absolute atomic E-state index is 12.9. The summed E-state index contributed by atoms with van der Waals surface area (Å²) in [6.07, 6.45) is 60.9. The monoisotopic (exact) mass is 1000 g/mol. The van der Waals surface area contributed by atoms with Crippen LogP contribution in [0.5, 0.6) is 0 Å². The highest BCUT2D eigenvalue weighted by Crippen LogP contribution is 2.20. The zero-order chi connectivity index (χ0) is 51.9. The van der Waals surface area contributed by atoms with Crippen LogP contribution < -0.4 is 0 Å². The van der Waals surface area contributed by atoms with Crippen LogP contribution in [0.4, 0.5) is 0 Å². The lowest BCUT2D eigenvalue weighted by molar-refractivity contribution is -0.167. The Bertz CT molecular complexity index is 1110.